The molecule has 2 aromatic rings. The second-order valence-electron chi connectivity index (χ2n) is 3.56. The molecule has 0 aromatic heterocycles. The van der Waals surface area contributed by atoms with Crippen LogP contribution in [0.25, 0.3) is 0 Å². The van der Waals surface area contributed by atoms with E-state index >= 15 is 0 Å². The van der Waals surface area contributed by atoms with Gasteiger partial charge < -0.3 is 5.73 Å². The predicted molar refractivity (Wildman–Crippen MR) is 74.5 cm³/mol. The first-order chi connectivity index (χ1) is 8.16. The zero-order chi connectivity index (χ0) is 12.3. The molecule has 0 aliphatic rings. The van der Waals surface area contributed by atoms with Gasteiger partial charge in [-0.05, 0) is 45.8 Å². The lowest BCUT2D eigenvalue weighted by Crippen LogP contribution is -1.93. The molecule has 0 heterocycles. The molecule has 0 fully saturated rings. The first-order valence-corrected chi connectivity index (χ1v) is 6.86. The maximum Gasteiger partial charge on any atom is 0.125 e. The molecule has 0 aliphatic heterocycles. The molecule has 0 unspecified atom stereocenters. The zero-order valence-corrected chi connectivity index (χ0v) is 11.4. The van der Waals surface area contributed by atoms with Gasteiger partial charge >= 0.3 is 0 Å². The highest BCUT2D eigenvalue weighted by Gasteiger charge is 2.04. The van der Waals surface area contributed by atoms with Crippen molar-refractivity contribution in [3.63, 3.8) is 0 Å². The van der Waals surface area contributed by atoms with Crippen LogP contribution in [0.5, 0.6) is 0 Å². The van der Waals surface area contributed by atoms with Crippen LogP contribution in [-0.2, 0) is 5.75 Å². The normalized spacial score (nSPS) is 10.5. The monoisotopic (exact) mass is 311 g/mol. The summed E-state index contributed by atoms with van der Waals surface area (Å²) in [7, 11) is 0. The summed E-state index contributed by atoms with van der Waals surface area (Å²) in [6.45, 7) is 0. The molecule has 0 radical (unpaired) electrons. The van der Waals surface area contributed by atoms with Gasteiger partial charge in [-0.2, -0.15) is 0 Å². The third kappa shape index (κ3) is 3.23. The SMILES string of the molecule is Nc1cc(F)ccc1CSc1ccccc1Br. The van der Waals surface area contributed by atoms with E-state index in [2.05, 4.69) is 15.9 Å². The summed E-state index contributed by atoms with van der Waals surface area (Å²) in [6.07, 6.45) is 0. The lowest BCUT2D eigenvalue weighted by molar-refractivity contribution is 0.628. The minimum absolute atomic E-state index is 0.294. The largest absolute Gasteiger partial charge is 0.398 e. The smallest absolute Gasteiger partial charge is 0.125 e. The fraction of sp³-hybridized carbons (Fsp3) is 0.0769. The van der Waals surface area contributed by atoms with Crippen molar-refractivity contribution < 1.29 is 4.39 Å². The Morgan fingerprint density at radius 2 is 1.94 bits per heavy atom. The number of benzene rings is 2. The van der Waals surface area contributed by atoms with Crippen molar-refractivity contribution in [2.24, 2.45) is 0 Å². The number of hydrogen-bond acceptors (Lipinski definition) is 2. The average Bonchev–Trinajstić information content (AvgIpc) is 2.30. The third-order valence-corrected chi connectivity index (χ3v) is 4.40. The summed E-state index contributed by atoms with van der Waals surface area (Å²) < 4.78 is 13.9. The molecule has 0 saturated heterocycles. The Labute approximate surface area is 112 Å². The van der Waals surface area contributed by atoms with Crippen LogP contribution in [0, 0.1) is 5.82 Å². The Morgan fingerprint density at radius 3 is 2.65 bits per heavy atom. The number of nitrogens with two attached hydrogens (primary N) is 1. The summed E-state index contributed by atoms with van der Waals surface area (Å²) in [5.41, 5.74) is 7.21. The van der Waals surface area contributed by atoms with Gasteiger partial charge in [0.05, 0.1) is 0 Å². The maximum atomic E-state index is 12.9. The maximum absolute atomic E-state index is 12.9. The molecule has 2 rings (SSSR count). The van der Waals surface area contributed by atoms with Gasteiger partial charge in [0.1, 0.15) is 5.82 Å². The van der Waals surface area contributed by atoms with Crippen LogP contribution in [0.1, 0.15) is 5.56 Å². The second-order valence-corrected chi connectivity index (χ2v) is 5.43. The minimum atomic E-state index is -0.294. The molecule has 4 heteroatoms. The summed E-state index contributed by atoms with van der Waals surface area (Å²) in [5.74, 6) is 0.437. The molecule has 1 nitrogen and oxygen atoms in total. The number of anilines is 1. The molecule has 88 valence electrons. The molecular formula is C13H11BrFNS. The number of halogens is 2. The Balaban J connectivity index is 2.10. The van der Waals surface area contributed by atoms with Crippen LogP contribution in [0.4, 0.5) is 10.1 Å². The number of rotatable bonds is 3. The molecule has 0 saturated carbocycles. The fourth-order valence-corrected chi connectivity index (χ4v) is 3.00. The Bertz CT molecular complexity index is 531. The molecule has 0 amide bonds. The Kier molecular flexibility index (Phi) is 4.07. The van der Waals surface area contributed by atoms with Crippen molar-refractivity contribution in [1.82, 2.24) is 0 Å². The highest BCUT2D eigenvalue weighted by molar-refractivity contribution is 9.10. The summed E-state index contributed by atoms with van der Waals surface area (Å²) >= 11 is 5.16. The van der Waals surface area contributed by atoms with E-state index in [0.29, 0.717) is 5.69 Å². The highest BCUT2D eigenvalue weighted by Crippen LogP contribution is 2.31. The molecule has 0 aliphatic carbocycles. The molecule has 2 N–H and O–H groups in total. The van der Waals surface area contributed by atoms with Crippen LogP contribution in [0.3, 0.4) is 0 Å². The van der Waals surface area contributed by atoms with E-state index in [1.165, 1.54) is 12.1 Å². The van der Waals surface area contributed by atoms with Gasteiger partial charge in [-0.1, -0.05) is 18.2 Å². The van der Waals surface area contributed by atoms with Crippen molar-refractivity contribution in [3.05, 3.63) is 58.3 Å². The average molecular weight is 312 g/mol. The first-order valence-electron chi connectivity index (χ1n) is 5.08. The molecule has 0 atom stereocenters. The molecule has 17 heavy (non-hydrogen) atoms. The second kappa shape index (κ2) is 5.56. The first kappa shape index (κ1) is 12.5. The lowest BCUT2D eigenvalue weighted by Gasteiger charge is -2.06. The van der Waals surface area contributed by atoms with Crippen molar-refractivity contribution in [3.8, 4) is 0 Å². The third-order valence-electron chi connectivity index (χ3n) is 2.33. The van der Waals surface area contributed by atoms with Crippen LogP contribution in [0.2, 0.25) is 0 Å². The summed E-state index contributed by atoms with van der Waals surface area (Å²) in [5, 5.41) is 0. The molecule has 0 bridgehead atoms. The highest BCUT2D eigenvalue weighted by atomic mass is 79.9. The van der Waals surface area contributed by atoms with Gasteiger partial charge in [0.25, 0.3) is 0 Å². The van der Waals surface area contributed by atoms with Crippen molar-refractivity contribution in [2.45, 2.75) is 10.6 Å². The summed E-state index contributed by atoms with van der Waals surface area (Å²) in [6, 6.07) is 12.5. The van der Waals surface area contributed by atoms with E-state index in [4.69, 9.17) is 5.73 Å². The topological polar surface area (TPSA) is 26.0 Å². The Morgan fingerprint density at radius 1 is 1.18 bits per heavy atom. The standard InChI is InChI=1S/C13H11BrFNS/c14-11-3-1-2-4-13(11)17-8-9-5-6-10(15)7-12(9)16/h1-7H,8,16H2. The van der Waals surface area contributed by atoms with E-state index in [1.54, 1.807) is 17.8 Å². The van der Waals surface area contributed by atoms with E-state index in [0.717, 1.165) is 20.7 Å². The number of hydrogen-bond donors (Lipinski definition) is 1. The summed E-state index contributed by atoms with van der Waals surface area (Å²) in [4.78, 5) is 1.15. The van der Waals surface area contributed by atoms with Gasteiger partial charge in [-0.25, -0.2) is 4.39 Å². The van der Waals surface area contributed by atoms with Gasteiger partial charge in [-0.15, -0.1) is 11.8 Å². The number of nitrogen functional groups attached to an aromatic ring is 1. The van der Waals surface area contributed by atoms with Crippen molar-refractivity contribution in [2.75, 3.05) is 5.73 Å². The van der Waals surface area contributed by atoms with Crippen LogP contribution < -0.4 is 5.73 Å². The minimum Gasteiger partial charge on any atom is -0.398 e. The van der Waals surface area contributed by atoms with E-state index in [1.807, 2.05) is 24.3 Å². The molecular weight excluding hydrogens is 301 g/mol. The predicted octanol–water partition coefficient (Wildman–Crippen LogP) is 4.46. The van der Waals surface area contributed by atoms with Gasteiger partial charge in [-0.3, -0.25) is 0 Å². The number of thioether (sulfide) groups is 1. The van der Waals surface area contributed by atoms with Crippen LogP contribution in [-0.4, -0.2) is 0 Å². The van der Waals surface area contributed by atoms with E-state index in [9.17, 15) is 4.39 Å². The van der Waals surface area contributed by atoms with Crippen molar-refractivity contribution in [1.29, 1.82) is 0 Å². The zero-order valence-electron chi connectivity index (χ0n) is 8.99. The van der Waals surface area contributed by atoms with Crippen LogP contribution >= 0.6 is 27.7 Å². The van der Waals surface area contributed by atoms with E-state index < -0.39 is 0 Å². The van der Waals surface area contributed by atoms with Gasteiger partial charge in [0.2, 0.25) is 0 Å². The van der Waals surface area contributed by atoms with Gasteiger partial charge in [0, 0.05) is 20.8 Å². The van der Waals surface area contributed by atoms with Crippen LogP contribution in [0.15, 0.2) is 51.8 Å². The quantitative estimate of drug-likeness (QED) is 0.669. The van der Waals surface area contributed by atoms with Crippen molar-refractivity contribution >= 4 is 33.4 Å². The van der Waals surface area contributed by atoms with Gasteiger partial charge in [0.15, 0.2) is 0 Å². The molecule has 2 aromatic carbocycles. The lowest BCUT2D eigenvalue weighted by atomic mass is 10.2. The molecule has 0 spiro atoms. The fourth-order valence-electron chi connectivity index (χ4n) is 1.41. The Hall–Kier alpha value is -1.00. The van der Waals surface area contributed by atoms with E-state index in [-0.39, 0.29) is 5.82 Å².